The number of aliphatic hydroxyl groups is 1. The molecule has 0 atom stereocenters. The van der Waals surface area contributed by atoms with Crippen LogP contribution in [0.2, 0.25) is 0 Å². The lowest BCUT2D eigenvalue weighted by molar-refractivity contribution is -0.00380. The number of aromatic amines is 1. The van der Waals surface area contributed by atoms with Gasteiger partial charge in [0.2, 0.25) is 0 Å². The largest absolute Gasteiger partial charge is 0.496 e. The summed E-state index contributed by atoms with van der Waals surface area (Å²) in [5, 5.41) is 12.4. The zero-order valence-corrected chi connectivity index (χ0v) is 23.2. The van der Waals surface area contributed by atoms with Crippen molar-refractivity contribution in [2.45, 2.75) is 26.5 Å². The molecule has 0 saturated carbocycles. The van der Waals surface area contributed by atoms with Crippen molar-refractivity contribution in [2.75, 3.05) is 25.5 Å². The summed E-state index contributed by atoms with van der Waals surface area (Å²) in [6.45, 7) is 5.19. The first-order valence-corrected chi connectivity index (χ1v) is 13.2. The quantitative estimate of drug-likeness (QED) is 0.319. The van der Waals surface area contributed by atoms with Gasteiger partial charge in [-0.05, 0) is 65.4 Å². The van der Waals surface area contributed by atoms with Gasteiger partial charge in [0, 0.05) is 44.1 Å². The normalized spacial score (nSPS) is 13.6. The number of ether oxygens (including phenoxy) is 1. The Bertz CT molecular complexity index is 1770. The molecule has 212 valence electrons. The van der Waals surface area contributed by atoms with Crippen LogP contribution in [-0.4, -0.2) is 51.8 Å². The van der Waals surface area contributed by atoms with Crippen LogP contribution in [0.5, 0.6) is 5.75 Å². The van der Waals surface area contributed by atoms with Crippen molar-refractivity contribution < 1.29 is 19.0 Å². The standard InChI is InChI=1S/C31H31FN4O5/c1-17-21(19-11-26(32)25(28(12-19)41-4)16-36-14-20(37)15-36)7-5-8-22(17)23-9-6-10-27(18(23)2)34-29(38)24-13-33-31(40)35(3)30(24)39/h5-13,20,37H,14-16H2,1-4H3,(H,33,40)(H,34,38). The molecule has 5 rings (SSSR count). The van der Waals surface area contributed by atoms with E-state index in [1.807, 2.05) is 49.1 Å². The predicted molar refractivity (Wildman–Crippen MR) is 155 cm³/mol. The molecular formula is C31H31FN4O5. The molecule has 3 aromatic carbocycles. The number of anilines is 1. The van der Waals surface area contributed by atoms with Crippen molar-refractivity contribution in [1.29, 1.82) is 0 Å². The van der Waals surface area contributed by atoms with Crippen molar-refractivity contribution in [3.8, 4) is 28.0 Å². The number of β-amino-alcohol motifs (C(OH)–C–C–N with tert-alkyl or cyclic N) is 1. The molecule has 3 N–H and O–H groups in total. The van der Waals surface area contributed by atoms with Crippen molar-refractivity contribution in [3.05, 3.63) is 104 Å². The Morgan fingerprint density at radius 2 is 1.73 bits per heavy atom. The lowest BCUT2D eigenvalue weighted by atomic mass is 9.90. The van der Waals surface area contributed by atoms with Gasteiger partial charge in [0.05, 0.1) is 13.2 Å². The second kappa shape index (κ2) is 11.1. The number of aliphatic hydroxyl groups excluding tert-OH is 1. The maximum Gasteiger partial charge on any atom is 0.328 e. The first-order chi connectivity index (χ1) is 19.6. The monoisotopic (exact) mass is 558 g/mol. The van der Waals surface area contributed by atoms with Crippen LogP contribution in [0.4, 0.5) is 10.1 Å². The number of aromatic nitrogens is 2. The number of carbonyl (C=O) groups excluding carboxylic acids is 1. The topological polar surface area (TPSA) is 117 Å². The Balaban J connectivity index is 1.48. The second-order valence-corrected chi connectivity index (χ2v) is 10.3. The SMILES string of the molecule is COc1cc(-c2cccc(-c3cccc(NC(=O)c4c[nH]c(=O)n(C)c4=O)c3C)c2C)cc(F)c1CN1CC(O)C1. The Morgan fingerprint density at radius 3 is 2.41 bits per heavy atom. The number of carbonyl (C=O) groups is 1. The zero-order valence-electron chi connectivity index (χ0n) is 23.2. The molecule has 0 bridgehead atoms. The van der Waals surface area contributed by atoms with Crippen molar-refractivity contribution in [1.82, 2.24) is 14.5 Å². The van der Waals surface area contributed by atoms with Crippen molar-refractivity contribution in [3.63, 3.8) is 0 Å². The maximum atomic E-state index is 15.4. The lowest BCUT2D eigenvalue weighted by Crippen LogP contribution is -2.49. The number of benzene rings is 3. The number of H-pyrrole nitrogens is 1. The third-order valence-electron chi connectivity index (χ3n) is 7.64. The fourth-order valence-electron chi connectivity index (χ4n) is 5.22. The number of hydrogen-bond acceptors (Lipinski definition) is 6. The molecule has 2 heterocycles. The molecule has 0 unspecified atom stereocenters. The number of hydrogen-bond donors (Lipinski definition) is 3. The smallest absolute Gasteiger partial charge is 0.328 e. The van der Waals surface area contributed by atoms with Crippen molar-refractivity contribution in [2.24, 2.45) is 7.05 Å². The van der Waals surface area contributed by atoms with E-state index in [4.69, 9.17) is 4.74 Å². The van der Waals surface area contributed by atoms with Gasteiger partial charge >= 0.3 is 5.69 Å². The average Bonchev–Trinajstić information content (AvgIpc) is 2.93. The second-order valence-electron chi connectivity index (χ2n) is 10.3. The summed E-state index contributed by atoms with van der Waals surface area (Å²) in [6, 6.07) is 14.6. The summed E-state index contributed by atoms with van der Waals surface area (Å²) in [4.78, 5) is 41.4. The Hall–Kier alpha value is -4.54. The van der Waals surface area contributed by atoms with Gasteiger partial charge in [0.25, 0.3) is 11.5 Å². The highest BCUT2D eigenvalue weighted by Crippen LogP contribution is 2.38. The molecule has 0 spiro atoms. The van der Waals surface area contributed by atoms with Crippen LogP contribution in [-0.2, 0) is 13.6 Å². The van der Waals surface area contributed by atoms with Crippen LogP contribution in [0.3, 0.4) is 0 Å². The van der Waals surface area contributed by atoms with E-state index in [1.54, 1.807) is 12.1 Å². The first kappa shape index (κ1) is 28.0. The van der Waals surface area contributed by atoms with Crippen LogP contribution in [0.25, 0.3) is 22.3 Å². The van der Waals surface area contributed by atoms with Gasteiger partial charge in [-0.1, -0.05) is 30.3 Å². The maximum absolute atomic E-state index is 15.4. The summed E-state index contributed by atoms with van der Waals surface area (Å²) < 4.78 is 21.8. The number of nitrogens with one attached hydrogen (secondary N) is 2. The number of methoxy groups -OCH3 is 1. The number of halogens is 1. The van der Waals surface area contributed by atoms with E-state index < -0.39 is 17.2 Å². The van der Waals surface area contributed by atoms with E-state index in [0.29, 0.717) is 42.2 Å². The fourth-order valence-corrected chi connectivity index (χ4v) is 5.22. The van der Waals surface area contributed by atoms with Gasteiger partial charge in [-0.15, -0.1) is 0 Å². The van der Waals surface area contributed by atoms with Gasteiger partial charge in [-0.3, -0.25) is 19.1 Å². The lowest BCUT2D eigenvalue weighted by Gasteiger charge is -2.36. The van der Waals surface area contributed by atoms with E-state index in [-0.39, 0.29) is 17.5 Å². The zero-order chi connectivity index (χ0) is 29.4. The molecule has 1 aliphatic heterocycles. The third kappa shape index (κ3) is 5.31. The number of likely N-dealkylation sites (tertiary alicyclic amines) is 1. The van der Waals surface area contributed by atoms with E-state index in [2.05, 4.69) is 10.3 Å². The number of rotatable bonds is 7. The summed E-state index contributed by atoms with van der Waals surface area (Å²) >= 11 is 0. The Labute approximate surface area is 235 Å². The molecule has 4 aromatic rings. The summed E-state index contributed by atoms with van der Waals surface area (Å²) in [5.74, 6) is -0.566. The van der Waals surface area contributed by atoms with Gasteiger partial charge in [0.15, 0.2) is 0 Å². The van der Waals surface area contributed by atoms with E-state index >= 15 is 4.39 Å². The van der Waals surface area contributed by atoms with Gasteiger partial charge in [-0.25, -0.2) is 9.18 Å². The van der Waals surface area contributed by atoms with E-state index in [9.17, 15) is 19.5 Å². The Morgan fingerprint density at radius 1 is 1.07 bits per heavy atom. The molecule has 1 fully saturated rings. The summed E-state index contributed by atoms with van der Waals surface area (Å²) in [6.07, 6.45) is 0.735. The highest BCUT2D eigenvalue weighted by molar-refractivity contribution is 6.04. The molecule has 1 aliphatic rings. The highest BCUT2D eigenvalue weighted by Gasteiger charge is 2.27. The van der Waals surface area contributed by atoms with E-state index in [1.165, 1.54) is 20.2 Å². The molecule has 1 aromatic heterocycles. The fraction of sp³-hybridized carbons (Fsp3) is 0.258. The van der Waals surface area contributed by atoms with Gasteiger partial charge in [0.1, 0.15) is 17.1 Å². The highest BCUT2D eigenvalue weighted by atomic mass is 19.1. The molecule has 1 saturated heterocycles. The van der Waals surface area contributed by atoms with Crippen LogP contribution in [0.1, 0.15) is 27.0 Å². The third-order valence-corrected chi connectivity index (χ3v) is 7.64. The van der Waals surface area contributed by atoms with Gasteiger partial charge in [-0.2, -0.15) is 0 Å². The van der Waals surface area contributed by atoms with E-state index in [0.717, 1.165) is 38.6 Å². The molecule has 9 nitrogen and oxygen atoms in total. The minimum Gasteiger partial charge on any atom is -0.496 e. The number of nitrogens with zero attached hydrogens (tertiary/aromatic N) is 2. The van der Waals surface area contributed by atoms with Crippen molar-refractivity contribution >= 4 is 11.6 Å². The average molecular weight is 559 g/mol. The number of amides is 1. The van der Waals surface area contributed by atoms with Crippen LogP contribution < -0.4 is 21.3 Å². The van der Waals surface area contributed by atoms with Crippen LogP contribution in [0, 0.1) is 19.7 Å². The van der Waals surface area contributed by atoms with Crippen LogP contribution in [0.15, 0.2) is 64.3 Å². The molecule has 0 radical (unpaired) electrons. The molecule has 41 heavy (non-hydrogen) atoms. The minimum atomic E-state index is -0.695. The van der Waals surface area contributed by atoms with Crippen LogP contribution >= 0.6 is 0 Å². The molecule has 0 aliphatic carbocycles. The first-order valence-electron chi connectivity index (χ1n) is 13.2. The molecule has 10 heteroatoms. The summed E-state index contributed by atoms with van der Waals surface area (Å²) in [5.41, 5.74) is 4.42. The predicted octanol–water partition coefficient (Wildman–Crippen LogP) is 3.60. The minimum absolute atomic E-state index is 0.181. The molecular weight excluding hydrogens is 527 g/mol. The molecule has 1 amide bonds. The Kier molecular flexibility index (Phi) is 7.61. The van der Waals surface area contributed by atoms with Gasteiger partial charge < -0.3 is 20.1 Å². The summed E-state index contributed by atoms with van der Waals surface area (Å²) in [7, 11) is 2.81.